The molecule has 0 amide bonds. The van der Waals surface area contributed by atoms with Gasteiger partial charge in [-0.3, -0.25) is 0 Å². The average molecular weight is 267 g/mol. The molecule has 0 saturated heterocycles. The molecule has 0 aliphatic heterocycles. The third-order valence-corrected chi connectivity index (χ3v) is 2.46. The van der Waals surface area contributed by atoms with Crippen LogP contribution < -0.4 is 4.74 Å². The summed E-state index contributed by atoms with van der Waals surface area (Å²) in [6, 6.07) is 11.1. The van der Waals surface area contributed by atoms with Crippen LogP contribution in [0.3, 0.4) is 0 Å². The van der Waals surface area contributed by atoms with Crippen molar-refractivity contribution in [1.29, 1.82) is 0 Å². The van der Waals surface area contributed by atoms with E-state index in [9.17, 15) is 5.11 Å². The van der Waals surface area contributed by atoms with Gasteiger partial charge >= 0.3 is 0 Å². The minimum Gasteiger partial charge on any atom is -0.508 e. The van der Waals surface area contributed by atoms with E-state index in [0.717, 1.165) is 21.9 Å². The predicted octanol–water partition coefficient (Wildman–Crippen LogP) is 3.32. The zero-order chi connectivity index (χ0) is 10.7. The number of alkyl halides is 1. The summed E-state index contributed by atoms with van der Waals surface area (Å²) in [5, 5.41) is 12.2. The van der Waals surface area contributed by atoms with Crippen LogP contribution in [0, 0.1) is 0 Å². The fraction of sp³-hybridized carbons (Fsp3) is 0.167. The number of hydrogen-bond acceptors (Lipinski definition) is 2. The Morgan fingerprint density at radius 2 is 1.80 bits per heavy atom. The molecule has 0 radical (unpaired) electrons. The lowest BCUT2D eigenvalue weighted by molar-refractivity contribution is 0.345. The molecule has 15 heavy (non-hydrogen) atoms. The van der Waals surface area contributed by atoms with Crippen molar-refractivity contribution >= 4 is 26.7 Å². The van der Waals surface area contributed by atoms with Crippen LogP contribution in [-0.4, -0.2) is 17.0 Å². The van der Waals surface area contributed by atoms with Crippen molar-refractivity contribution in [2.75, 3.05) is 11.9 Å². The monoisotopic (exact) mass is 266 g/mol. The highest BCUT2D eigenvalue weighted by atomic mass is 79.9. The second kappa shape index (κ2) is 4.53. The van der Waals surface area contributed by atoms with E-state index in [-0.39, 0.29) is 5.75 Å². The third-order valence-electron chi connectivity index (χ3n) is 2.14. The van der Waals surface area contributed by atoms with Crippen molar-refractivity contribution < 1.29 is 9.84 Å². The Labute approximate surface area is 96.6 Å². The first kappa shape index (κ1) is 10.3. The molecular formula is C12H11BrO2. The highest BCUT2D eigenvalue weighted by Gasteiger charge is 1.98. The van der Waals surface area contributed by atoms with Crippen LogP contribution in [-0.2, 0) is 0 Å². The van der Waals surface area contributed by atoms with Gasteiger partial charge in [0.05, 0.1) is 6.61 Å². The molecule has 0 unspecified atom stereocenters. The van der Waals surface area contributed by atoms with Crippen molar-refractivity contribution in [3.63, 3.8) is 0 Å². The van der Waals surface area contributed by atoms with E-state index >= 15 is 0 Å². The topological polar surface area (TPSA) is 29.5 Å². The number of hydrogen-bond donors (Lipinski definition) is 1. The van der Waals surface area contributed by atoms with Gasteiger partial charge in [0.1, 0.15) is 11.5 Å². The van der Waals surface area contributed by atoms with Gasteiger partial charge in [-0.1, -0.05) is 28.1 Å². The first-order valence-electron chi connectivity index (χ1n) is 4.71. The quantitative estimate of drug-likeness (QED) is 0.864. The van der Waals surface area contributed by atoms with Gasteiger partial charge in [0.2, 0.25) is 0 Å². The molecule has 0 aliphatic carbocycles. The number of benzene rings is 2. The molecule has 0 bridgehead atoms. The van der Waals surface area contributed by atoms with E-state index in [1.165, 1.54) is 0 Å². The Balaban J connectivity index is 2.34. The minimum absolute atomic E-state index is 0.289. The van der Waals surface area contributed by atoms with E-state index < -0.39 is 0 Å². The molecule has 2 rings (SSSR count). The maximum atomic E-state index is 9.30. The summed E-state index contributed by atoms with van der Waals surface area (Å²) in [7, 11) is 0. The molecule has 2 aromatic rings. The highest BCUT2D eigenvalue weighted by molar-refractivity contribution is 9.09. The van der Waals surface area contributed by atoms with E-state index in [0.29, 0.717) is 6.61 Å². The van der Waals surface area contributed by atoms with E-state index in [4.69, 9.17) is 4.74 Å². The van der Waals surface area contributed by atoms with Crippen LogP contribution in [0.4, 0.5) is 0 Å². The van der Waals surface area contributed by atoms with Crippen molar-refractivity contribution in [2.24, 2.45) is 0 Å². The second-order valence-electron chi connectivity index (χ2n) is 3.23. The Kier molecular flexibility index (Phi) is 3.11. The number of ether oxygens (including phenoxy) is 1. The summed E-state index contributed by atoms with van der Waals surface area (Å²) in [6.07, 6.45) is 0. The Hall–Kier alpha value is -1.22. The standard InChI is InChI=1S/C12H11BrO2/c13-5-6-15-12-4-2-9-7-11(14)3-1-10(9)8-12/h1-4,7-8,14H,5-6H2. The predicted molar refractivity (Wildman–Crippen MR) is 64.9 cm³/mol. The maximum Gasteiger partial charge on any atom is 0.119 e. The molecule has 0 saturated carbocycles. The number of rotatable bonds is 3. The number of halogens is 1. The smallest absolute Gasteiger partial charge is 0.119 e. The molecule has 0 fully saturated rings. The zero-order valence-corrected chi connectivity index (χ0v) is 9.70. The second-order valence-corrected chi connectivity index (χ2v) is 4.02. The minimum atomic E-state index is 0.289. The Morgan fingerprint density at radius 3 is 2.60 bits per heavy atom. The summed E-state index contributed by atoms with van der Waals surface area (Å²) < 4.78 is 5.48. The molecule has 0 aromatic heterocycles. The summed E-state index contributed by atoms with van der Waals surface area (Å²) in [5.41, 5.74) is 0. The molecular weight excluding hydrogens is 256 g/mol. The van der Waals surface area contributed by atoms with Crippen molar-refractivity contribution in [3.8, 4) is 11.5 Å². The number of phenolic OH excluding ortho intramolecular Hbond substituents is 1. The maximum absolute atomic E-state index is 9.30. The van der Waals surface area contributed by atoms with Gasteiger partial charge in [-0.2, -0.15) is 0 Å². The van der Waals surface area contributed by atoms with Crippen molar-refractivity contribution in [1.82, 2.24) is 0 Å². The fourth-order valence-corrected chi connectivity index (χ4v) is 1.62. The Bertz CT molecular complexity index is 468. The van der Waals surface area contributed by atoms with Gasteiger partial charge in [0.25, 0.3) is 0 Å². The largest absolute Gasteiger partial charge is 0.508 e. The van der Waals surface area contributed by atoms with Gasteiger partial charge in [0, 0.05) is 5.33 Å². The van der Waals surface area contributed by atoms with Gasteiger partial charge < -0.3 is 9.84 Å². The molecule has 1 N–H and O–H groups in total. The lowest BCUT2D eigenvalue weighted by Gasteiger charge is -2.05. The average Bonchev–Trinajstić information content (AvgIpc) is 2.26. The van der Waals surface area contributed by atoms with Gasteiger partial charge in [-0.15, -0.1) is 0 Å². The van der Waals surface area contributed by atoms with E-state index in [1.807, 2.05) is 24.3 Å². The molecule has 2 aromatic carbocycles. The molecule has 2 nitrogen and oxygen atoms in total. The van der Waals surface area contributed by atoms with E-state index in [1.54, 1.807) is 12.1 Å². The number of phenols is 1. The van der Waals surface area contributed by atoms with Gasteiger partial charge in [-0.05, 0) is 35.0 Å². The number of aromatic hydroxyl groups is 1. The van der Waals surface area contributed by atoms with Crippen LogP contribution in [0.5, 0.6) is 11.5 Å². The van der Waals surface area contributed by atoms with Gasteiger partial charge in [-0.25, -0.2) is 0 Å². The summed E-state index contributed by atoms with van der Waals surface area (Å²) >= 11 is 3.31. The SMILES string of the molecule is Oc1ccc2cc(OCCBr)ccc2c1. The zero-order valence-electron chi connectivity index (χ0n) is 8.11. The van der Waals surface area contributed by atoms with Crippen LogP contribution >= 0.6 is 15.9 Å². The van der Waals surface area contributed by atoms with Crippen LogP contribution in [0.25, 0.3) is 10.8 Å². The first-order valence-corrected chi connectivity index (χ1v) is 5.83. The molecule has 0 spiro atoms. The molecule has 78 valence electrons. The lowest BCUT2D eigenvalue weighted by Crippen LogP contribution is -1.97. The Morgan fingerprint density at radius 1 is 1.07 bits per heavy atom. The first-order chi connectivity index (χ1) is 7.29. The molecule has 3 heteroatoms. The lowest BCUT2D eigenvalue weighted by atomic mass is 10.1. The van der Waals surface area contributed by atoms with Crippen LogP contribution in [0.15, 0.2) is 36.4 Å². The van der Waals surface area contributed by atoms with Crippen molar-refractivity contribution in [3.05, 3.63) is 36.4 Å². The third kappa shape index (κ3) is 2.42. The van der Waals surface area contributed by atoms with Crippen LogP contribution in [0.1, 0.15) is 0 Å². The fourth-order valence-electron chi connectivity index (χ4n) is 1.46. The van der Waals surface area contributed by atoms with Crippen LogP contribution in [0.2, 0.25) is 0 Å². The summed E-state index contributed by atoms with van der Waals surface area (Å²) in [6.45, 7) is 0.656. The molecule has 0 heterocycles. The summed E-state index contributed by atoms with van der Waals surface area (Å²) in [5.74, 6) is 1.14. The van der Waals surface area contributed by atoms with E-state index in [2.05, 4.69) is 15.9 Å². The number of fused-ring (bicyclic) bond motifs is 1. The summed E-state index contributed by atoms with van der Waals surface area (Å²) in [4.78, 5) is 0. The van der Waals surface area contributed by atoms with Gasteiger partial charge in [0.15, 0.2) is 0 Å². The molecule has 0 atom stereocenters. The normalized spacial score (nSPS) is 10.5. The van der Waals surface area contributed by atoms with Crippen molar-refractivity contribution in [2.45, 2.75) is 0 Å². The highest BCUT2D eigenvalue weighted by Crippen LogP contribution is 2.24. The molecule has 0 aliphatic rings.